The second-order valence-electron chi connectivity index (χ2n) is 8.52. The summed E-state index contributed by atoms with van der Waals surface area (Å²) >= 11 is 0. The number of carbonyl (C=O) groups excluding carboxylic acids is 1. The molecule has 2 N–H and O–H groups in total. The van der Waals surface area contributed by atoms with E-state index in [4.69, 9.17) is 0 Å². The van der Waals surface area contributed by atoms with Crippen LogP contribution in [0.4, 0.5) is 0 Å². The molecule has 0 spiro atoms. The Hall–Kier alpha value is -1.35. The number of aliphatic hydroxyl groups is 1. The molecule has 0 radical (unpaired) electrons. The highest BCUT2D eigenvalue weighted by molar-refractivity contribution is 5.83. The van der Waals surface area contributed by atoms with E-state index in [0.717, 1.165) is 42.6 Å². The first-order chi connectivity index (χ1) is 11.0. The summed E-state index contributed by atoms with van der Waals surface area (Å²) in [6.45, 7) is 2.07. The zero-order chi connectivity index (χ0) is 16.1. The Morgan fingerprint density at radius 1 is 1.13 bits per heavy atom. The quantitative estimate of drug-likeness (QED) is 0.896. The molecule has 1 atom stereocenters. The molecule has 3 heteroatoms. The Kier molecular flexibility index (Phi) is 3.53. The zero-order valence-corrected chi connectivity index (χ0v) is 13.9. The fraction of sp³-hybridized carbons (Fsp3) is 0.650. The number of nitrogens with one attached hydrogen (secondary N) is 1. The Morgan fingerprint density at radius 3 is 2.17 bits per heavy atom. The number of amides is 1. The molecule has 4 bridgehead atoms. The Bertz CT molecular complexity index is 558. The summed E-state index contributed by atoms with van der Waals surface area (Å²) in [7, 11) is 0. The van der Waals surface area contributed by atoms with Gasteiger partial charge >= 0.3 is 0 Å². The lowest BCUT2D eigenvalue weighted by atomic mass is 9.49. The van der Waals surface area contributed by atoms with Crippen molar-refractivity contribution in [2.75, 3.05) is 6.54 Å². The Labute approximate surface area is 138 Å². The van der Waals surface area contributed by atoms with Gasteiger partial charge in [-0.3, -0.25) is 4.79 Å². The summed E-state index contributed by atoms with van der Waals surface area (Å²) in [6.07, 6.45) is 7.23. The third-order valence-corrected chi connectivity index (χ3v) is 6.51. The molecule has 1 aromatic carbocycles. The molecule has 124 valence electrons. The van der Waals surface area contributed by atoms with Gasteiger partial charge in [0.25, 0.3) is 0 Å². The van der Waals surface area contributed by atoms with E-state index in [1.165, 1.54) is 19.3 Å². The van der Waals surface area contributed by atoms with Crippen molar-refractivity contribution in [3.05, 3.63) is 35.9 Å². The first kappa shape index (κ1) is 15.2. The third-order valence-electron chi connectivity index (χ3n) is 6.51. The van der Waals surface area contributed by atoms with Crippen molar-refractivity contribution >= 4 is 5.91 Å². The average molecular weight is 313 g/mol. The summed E-state index contributed by atoms with van der Waals surface area (Å²) in [6, 6.07) is 9.61. The van der Waals surface area contributed by atoms with Gasteiger partial charge in [-0.1, -0.05) is 30.3 Å². The predicted octanol–water partition coefficient (Wildman–Crippen LogP) is 3.23. The maximum Gasteiger partial charge on any atom is 0.226 e. The van der Waals surface area contributed by atoms with Crippen LogP contribution in [0.5, 0.6) is 0 Å². The van der Waals surface area contributed by atoms with Crippen LogP contribution >= 0.6 is 0 Å². The van der Waals surface area contributed by atoms with Crippen molar-refractivity contribution in [3.63, 3.8) is 0 Å². The number of rotatable bonds is 4. The van der Waals surface area contributed by atoms with Gasteiger partial charge in [-0.15, -0.1) is 0 Å². The van der Waals surface area contributed by atoms with Gasteiger partial charge in [-0.25, -0.2) is 0 Å². The van der Waals surface area contributed by atoms with Crippen molar-refractivity contribution in [1.82, 2.24) is 5.32 Å². The molecule has 23 heavy (non-hydrogen) atoms. The van der Waals surface area contributed by atoms with Gasteiger partial charge in [0.1, 0.15) is 5.60 Å². The summed E-state index contributed by atoms with van der Waals surface area (Å²) < 4.78 is 0. The van der Waals surface area contributed by atoms with Crippen LogP contribution in [0.3, 0.4) is 0 Å². The number of carbonyl (C=O) groups is 1. The van der Waals surface area contributed by atoms with Gasteiger partial charge in [-0.05, 0) is 68.8 Å². The van der Waals surface area contributed by atoms with Crippen LogP contribution in [-0.4, -0.2) is 17.6 Å². The second kappa shape index (κ2) is 5.34. The number of hydrogen-bond acceptors (Lipinski definition) is 2. The topological polar surface area (TPSA) is 49.3 Å². The van der Waals surface area contributed by atoms with Gasteiger partial charge in [0, 0.05) is 5.41 Å². The molecule has 1 aromatic rings. The fourth-order valence-electron chi connectivity index (χ4n) is 5.73. The minimum Gasteiger partial charge on any atom is -0.384 e. The molecular formula is C20H27NO2. The zero-order valence-electron chi connectivity index (χ0n) is 13.9. The van der Waals surface area contributed by atoms with Crippen LogP contribution in [0, 0.1) is 23.2 Å². The molecule has 0 heterocycles. The van der Waals surface area contributed by atoms with Gasteiger partial charge in [0.2, 0.25) is 5.91 Å². The Morgan fingerprint density at radius 2 is 1.65 bits per heavy atom. The number of benzene rings is 1. The molecule has 0 aliphatic heterocycles. The van der Waals surface area contributed by atoms with Crippen molar-refractivity contribution in [3.8, 4) is 0 Å². The van der Waals surface area contributed by atoms with E-state index < -0.39 is 5.60 Å². The molecule has 3 nitrogen and oxygen atoms in total. The highest BCUT2D eigenvalue weighted by Gasteiger charge is 2.54. The minimum atomic E-state index is -1.01. The first-order valence-electron chi connectivity index (χ1n) is 9.03. The van der Waals surface area contributed by atoms with E-state index in [0.29, 0.717) is 0 Å². The summed E-state index contributed by atoms with van der Waals surface area (Å²) in [5, 5.41) is 13.8. The maximum absolute atomic E-state index is 13.0. The largest absolute Gasteiger partial charge is 0.384 e. The molecule has 0 aromatic heterocycles. The van der Waals surface area contributed by atoms with E-state index in [1.807, 2.05) is 30.3 Å². The van der Waals surface area contributed by atoms with Crippen LogP contribution < -0.4 is 5.32 Å². The summed E-state index contributed by atoms with van der Waals surface area (Å²) in [5.74, 6) is 2.48. The summed E-state index contributed by atoms with van der Waals surface area (Å²) in [5.41, 5.74) is -0.299. The molecule has 0 unspecified atom stereocenters. The van der Waals surface area contributed by atoms with Gasteiger partial charge < -0.3 is 10.4 Å². The SMILES string of the molecule is C[C@@](O)(CNC(=O)C12CC3CC(CC(C3)C1)C2)c1ccccc1. The molecule has 1 amide bonds. The monoisotopic (exact) mass is 313 g/mol. The summed E-state index contributed by atoms with van der Waals surface area (Å²) in [4.78, 5) is 13.0. The van der Waals surface area contributed by atoms with E-state index in [-0.39, 0.29) is 17.9 Å². The van der Waals surface area contributed by atoms with Crippen molar-refractivity contribution in [2.24, 2.45) is 23.2 Å². The van der Waals surface area contributed by atoms with E-state index in [2.05, 4.69) is 5.32 Å². The normalized spacial score (nSPS) is 37.4. The highest BCUT2D eigenvalue weighted by atomic mass is 16.3. The molecular weight excluding hydrogens is 286 g/mol. The highest BCUT2D eigenvalue weighted by Crippen LogP contribution is 2.60. The fourth-order valence-corrected chi connectivity index (χ4v) is 5.73. The predicted molar refractivity (Wildman–Crippen MR) is 89.6 cm³/mol. The lowest BCUT2D eigenvalue weighted by Crippen LogP contribution is -2.55. The second-order valence-corrected chi connectivity index (χ2v) is 8.52. The molecule has 4 fully saturated rings. The lowest BCUT2D eigenvalue weighted by molar-refractivity contribution is -0.147. The first-order valence-corrected chi connectivity index (χ1v) is 9.03. The molecule has 0 saturated heterocycles. The van der Waals surface area contributed by atoms with Crippen LogP contribution in [0.1, 0.15) is 51.0 Å². The van der Waals surface area contributed by atoms with Crippen LogP contribution in [-0.2, 0) is 10.4 Å². The van der Waals surface area contributed by atoms with Gasteiger partial charge in [-0.2, -0.15) is 0 Å². The van der Waals surface area contributed by atoms with E-state index >= 15 is 0 Å². The van der Waals surface area contributed by atoms with Gasteiger partial charge in [0.15, 0.2) is 0 Å². The minimum absolute atomic E-state index is 0.137. The standard InChI is InChI=1S/C20H27NO2/c1-19(23,17-5-3-2-4-6-17)13-21-18(22)20-10-14-7-15(11-20)9-16(8-14)12-20/h2-6,14-16,23H,7-13H2,1H3,(H,21,22)/t14?,15?,16?,19-,20?/m1/s1. The maximum atomic E-state index is 13.0. The molecule has 4 aliphatic carbocycles. The van der Waals surface area contributed by atoms with Crippen molar-refractivity contribution < 1.29 is 9.90 Å². The Balaban J connectivity index is 1.44. The van der Waals surface area contributed by atoms with Crippen LogP contribution in [0.25, 0.3) is 0 Å². The number of hydrogen-bond donors (Lipinski definition) is 2. The third kappa shape index (κ3) is 2.69. The van der Waals surface area contributed by atoms with Crippen molar-refractivity contribution in [1.29, 1.82) is 0 Å². The van der Waals surface area contributed by atoms with Crippen LogP contribution in [0.2, 0.25) is 0 Å². The van der Waals surface area contributed by atoms with E-state index in [9.17, 15) is 9.90 Å². The van der Waals surface area contributed by atoms with E-state index in [1.54, 1.807) is 6.92 Å². The lowest BCUT2D eigenvalue weighted by Gasteiger charge is -2.55. The van der Waals surface area contributed by atoms with Crippen LogP contribution in [0.15, 0.2) is 30.3 Å². The molecule has 5 rings (SSSR count). The molecule has 4 saturated carbocycles. The average Bonchev–Trinajstić information content (AvgIpc) is 2.52. The smallest absolute Gasteiger partial charge is 0.226 e. The molecule has 4 aliphatic rings. The van der Waals surface area contributed by atoms with Crippen molar-refractivity contribution in [2.45, 2.75) is 51.0 Å². The van der Waals surface area contributed by atoms with Gasteiger partial charge in [0.05, 0.1) is 6.54 Å².